The monoisotopic (exact) mass is 374 g/mol. The van der Waals surface area contributed by atoms with Crippen molar-refractivity contribution in [1.29, 1.82) is 0 Å². The minimum absolute atomic E-state index is 0.200. The zero-order valence-electron chi connectivity index (χ0n) is 15.7. The SMILES string of the molecule is CCN1CCc2nc3ccccc3c(C(=O)Nc3cccc(C(N)=O)c3)c2C1. The van der Waals surface area contributed by atoms with Crippen molar-refractivity contribution < 1.29 is 9.59 Å². The first-order valence-corrected chi connectivity index (χ1v) is 9.41. The molecular weight excluding hydrogens is 352 g/mol. The van der Waals surface area contributed by atoms with Gasteiger partial charge in [0.15, 0.2) is 0 Å². The van der Waals surface area contributed by atoms with E-state index in [1.54, 1.807) is 24.3 Å². The summed E-state index contributed by atoms with van der Waals surface area (Å²) < 4.78 is 0. The van der Waals surface area contributed by atoms with E-state index >= 15 is 0 Å². The molecule has 0 bridgehead atoms. The van der Waals surface area contributed by atoms with Crippen molar-refractivity contribution in [2.75, 3.05) is 18.4 Å². The second-order valence-electron chi connectivity index (χ2n) is 6.95. The highest BCUT2D eigenvalue weighted by atomic mass is 16.2. The molecule has 0 spiro atoms. The lowest BCUT2D eigenvalue weighted by Crippen LogP contribution is -2.33. The van der Waals surface area contributed by atoms with Crippen LogP contribution in [0.5, 0.6) is 0 Å². The third kappa shape index (κ3) is 3.34. The lowest BCUT2D eigenvalue weighted by atomic mass is 9.95. The van der Waals surface area contributed by atoms with E-state index < -0.39 is 5.91 Å². The Hall–Kier alpha value is -3.25. The van der Waals surface area contributed by atoms with Crippen molar-refractivity contribution in [3.05, 3.63) is 70.9 Å². The number of nitrogens with zero attached hydrogens (tertiary/aromatic N) is 2. The van der Waals surface area contributed by atoms with Gasteiger partial charge in [-0.3, -0.25) is 19.5 Å². The first-order chi connectivity index (χ1) is 13.6. The van der Waals surface area contributed by atoms with Gasteiger partial charge in [0, 0.05) is 47.4 Å². The van der Waals surface area contributed by atoms with Crippen LogP contribution < -0.4 is 11.1 Å². The molecule has 0 radical (unpaired) electrons. The molecule has 142 valence electrons. The minimum atomic E-state index is -0.526. The second-order valence-corrected chi connectivity index (χ2v) is 6.95. The Labute approximate surface area is 163 Å². The normalized spacial score (nSPS) is 13.9. The maximum Gasteiger partial charge on any atom is 0.256 e. The molecule has 4 rings (SSSR count). The number of carbonyl (C=O) groups excluding carboxylic acids is 2. The number of para-hydroxylation sites is 1. The molecule has 2 amide bonds. The summed E-state index contributed by atoms with van der Waals surface area (Å²) in [4.78, 5) is 31.9. The summed E-state index contributed by atoms with van der Waals surface area (Å²) in [6.45, 7) is 4.69. The molecule has 1 aliphatic rings. The van der Waals surface area contributed by atoms with E-state index in [2.05, 4.69) is 17.1 Å². The lowest BCUT2D eigenvalue weighted by molar-refractivity contribution is 0.0996. The van der Waals surface area contributed by atoms with Crippen molar-refractivity contribution in [2.45, 2.75) is 19.9 Å². The Kier molecular flexibility index (Phi) is 4.79. The number of likely N-dealkylation sites (N-methyl/N-ethyl adjacent to an activating group) is 1. The summed E-state index contributed by atoms with van der Waals surface area (Å²) >= 11 is 0. The Morgan fingerprint density at radius 2 is 2.00 bits per heavy atom. The fraction of sp³-hybridized carbons (Fsp3) is 0.227. The number of primary amides is 1. The molecule has 6 nitrogen and oxygen atoms in total. The number of rotatable bonds is 4. The molecule has 1 aliphatic heterocycles. The fourth-order valence-corrected chi connectivity index (χ4v) is 3.72. The highest BCUT2D eigenvalue weighted by Gasteiger charge is 2.25. The molecule has 0 saturated carbocycles. The van der Waals surface area contributed by atoms with Gasteiger partial charge < -0.3 is 11.1 Å². The van der Waals surface area contributed by atoms with Crippen molar-refractivity contribution >= 4 is 28.4 Å². The van der Waals surface area contributed by atoms with Gasteiger partial charge in [-0.1, -0.05) is 31.2 Å². The van der Waals surface area contributed by atoms with Crippen molar-refractivity contribution in [1.82, 2.24) is 9.88 Å². The van der Waals surface area contributed by atoms with Gasteiger partial charge in [-0.25, -0.2) is 0 Å². The molecule has 6 heteroatoms. The fourth-order valence-electron chi connectivity index (χ4n) is 3.72. The number of pyridine rings is 1. The summed E-state index contributed by atoms with van der Waals surface area (Å²) in [5, 5.41) is 3.77. The summed E-state index contributed by atoms with van der Waals surface area (Å²) in [6.07, 6.45) is 0.825. The average Bonchev–Trinajstić information content (AvgIpc) is 2.71. The Morgan fingerprint density at radius 1 is 1.18 bits per heavy atom. The van der Waals surface area contributed by atoms with E-state index in [4.69, 9.17) is 10.7 Å². The minimum Gasteiger partial charge on any atom is -0.366 e. The standard InChI is InChI=1S/C22H22N4O2/c1-2-26-11-10-19-17(13-26)20(16-8-3-4-9-18(16)25-19)22(28)24-15-7-5-6-14(12-15)21(23)27/h3-9,12H,2,10-11,13H2,1H3,(H2,23,27)(H,24,28). The first kappa shape index (κ1) is 18.1. The topological polar surface area (TPSA) is 88.3 Å². The van der Waals surface area contributed by atoms with Crippen LogP contribution in [0.25, 0.3) is 10.9 Å². The van der Waals surface area contributed by atoms with Crippen LogP contribution in [-0.2, 0) is 13.0 Å². The van der Waals surface area contributed by atoms with Crippen LogP contribution in [-0.4, -0.2) is 34.8 Å². The quantitative estimate of drug-likeness (QED) is 0.735. The number of hydrogen-bond donors (Lipinski definition) is 2. The van der Waals surface area contributed by atoms with Gasteiger partial charge >= 0.3 is 0 Å². The van der Waals surface area contributed by atoms with Gasteiger partial charge in [-0.15, -0.1) is 0 Å². The van der Waals surface area contributed by atoms with Gasteiger partial charge in [0.05, 0.1) is 11.1 Å². The number of carbonyl (C=O) groups is 2. The smallest absolute Gasteiger partial charge is 0.256 e. The molecule has 3 aromatic rings. The Bertz CT molecular complexity index is 1080. The van der Waals surface area contributed by atoms with E-state index in [1.165, 1.54) is 0 Å². The highest BCUT2D eigenvalue weighted by molar-refractivity contribution is 6.14. The largest absolute Gasteiger partial charge is 0.366 e. The van der Waals surface area contributed by atoms with Gasteiger partial charge in [-0.2, -0.15) is 0 Å². The molecule has 0 unspecified atom stereocenters. The first-order valence-electron chi connectivity index (χ1n) is 9.41. The maximum absolute atomic E-state index is 13.3. The van der Waals surface area contributed by atoms with Gasteiger partial charge in [0.2, 0.25) is 5.91 Å². The lowest BCUT2D eigenvalue weighted by Gasteiger charge is -2.29. The summed E-state index contributed by atoms with van der Waals surface area (Å²) in [5.41, 5.74) is 9.70. The van der Waals surface area contributed by atoms with E-state index in [1.807, 2.05) is 24.3 Å². The van der Waals surface area contributed by atoms with Crippen LogP contribution >= 0.6 is 0 Å². The third-order valence-corrected chi connectivity index (χ3v) is 5.20. The van der Waals surface area contributed by atoms with Crippen LogP contribution in [0.15, 0.2) is 48.5 Å². The van der Waals surface area contributed by atoms with Gasteiger partial charge in [0.25, 0.3) is 5.91 Å². The average molecular weight is 374 g/mol. The van der Waals surface area contributed by atoms with Crippen LogP contribution in [0.2, 0.25) is 0 Å². The zero-order chi connectivity index (χ0) is 19.7. The van der Waals surface area contributed by atoms with Crippen LogP contribution in [0, 0.1) is 0 Å². The third-order valence-electron chi connectivity index (χ3n) is 5.20. The predicted molar refractivity (Wildman–Crippen MR) is 109 cm³/mol. The Balaban J connectivity index is 1.79. The van der Waals surface area contributed by atoms with E-state index in [9.17, 15) is 9.59 Å². The van der Waals surface area contributed by atoms with Crippen LogP contribution in [0.4, 0.5) is 5.69 Å². The number of fused-ring (bicyclic) bond motifs is 2. The van der Waals surface area contributed by atoms with Gasteiger partial charge in [-0.05, 0) is 30.8 Å². The summed E-state index contributed by atoms with van der Waals surface area (Å²) in [5.74, 6) is -0.726. The zero-order valence-corrected chi connectivity index (χ0v) is 15.7. The molecule has 0 aliphatic carbocycles. The number of aromatic nitrogens is 1. The molecular formula is C22H22N4O2. The number of nitrogens with two attached hydrogens (primary N) is 1. The van der Waals surface area contributed by atoms with Crippen molar-refractivity contribution in [3.63, 3.8) is 0 Å². The van der Waals surface area contributed by atoms with E-state index in [0.717, 1.165) is 41.7 Å². The molecule has 2 aromatic carbocycles. The molecule has 28 heavy (non-hydrogen) atoms. The van der Waals surface area contributed by atoms with Crippen molar-refractivity contribution in [2.24, 2.45) is 5.73 Å². The number of nitrogens with one attached hydrogen (secondary N) is 1. The Morgan fingerprint density at radius 3 is 2.79 bits per heavy atom. The number of anilines is 1. The maximum atomic E-state index is 13.3. The molecule has 0 fully saturated rings. The molecule has 1 aromatic heterocycles. The molecule has 2 heterocycles. The highest BCUT2D eigenvalue weighted by Crippen LogP contribution is 2.29. The molecule has 0 saturated heterocycles. The van der Waals surface area contributed by atoms with Crippen LogP contribution in [0.1, 0.15) is 38.9 Å². The van der Waals surface area contributed by atoms with E-state index in [-0.39, 0.29) is 5.91 Å². The predicted octanol–water partition coefficient (Wildman–Crippen LogP) is 2.96. The molecule has 3 N–H and O–H groups in total. The number of benzene rings is 2. The number of hydrogen-bond acceptors (Lipinski definition) is 4. The van der Waals surface area contributed by atoms with Crippen LogP contribution in [0.3, 0.4) is 0 Å². The second kappa shape index (κ2) is 7.40. The summed E-state index contributed by atoms with van der Waals surface area (Å²) in [6, 6.07) is 14.4. The molecule has 0 atom stereocenters. The number of amides is 2. The van der Waals surface area contributed by atoms with Gasteiger partial charge in [0.1, 0.15) is 0 Å². The van der Waals surface area contributed by atoms with E-state index in [0.29, 0.717) is 23.4 Å². The van der Waals surface area contributed by atoms with Crippen molar-refractivity contribution in [3.8, 4) is 0 Å². The summed E-state index contributed by atoms with van der Waals surface area (Å²) in [7, 11) is 0.